The van der Waals surface area contributed by atoms with E-state index in [1.807, 2.05) is 19.1 Å². The van der Waals surface area contributed by atoms with E-state index in [0.717, 1.165) is 5.56 Å². The number of aryl methyl sites for hydroxylation is 1. The van der Waals surface area contributed by atoms with Crippen molar-refractivity contribution in [1.82, 2.24) is 19.3 Å². The summed E-state index contributed by atoms with van der Waals surface area (Å²) in [4.78, 5) is 40.2. The summed E-state index contributed by atoms with van der Waals surface area (Å²) in [7, 11) is 1.25. The van der Waals surface area contributed by atoms with E-state index in [1.54, 1.807) is 24.3 Å². The number of para-hydroxylation sites is 1. The minimum Gasteiger partial charge on any atom is -0.465 e. The van der Waals surface area contributed by atoms with Gasteiger partial charge in [-0.1, -0.05) is 18.2 Å². The van der Waals surface area contributed by atoms with Gasteiger partial charge in [0.1, 0.15) is 16.9 Å². The number of esters is 1. The minimum atomic E-state index is -0.652. The molecular weight excluding hydrogens is 360 g/mol. The Morgan fingerprint density at radius 2 is 1.82 bits per heavy atom. The fraction of sp³-hybridized carbons (Fsp3) is 0.100. The summed E-state index contributed by atoms with van der Waals surface area (Å²) < 4.78 is 7.54. The number of nitrogens with one attached hydrogen (secondary N) is 1. The lowest BCUT2D eigenvalue weighted by molar-refractivity contribution is 0.0600. The minimum absolute atomic E-state index is 0.0905. The van der Waals surface area contributed by atoms with Gasteiger partial charge in [-0.15, -0.1) is 0 Å². The molecule has 1 aromatic carbocycles. The van der Waals surface area contributed by atoms with E-state index in [0.29, 0.717) is 5.69 Å². The summed E-state index contributed by atoms with van der Waals surface area (Å²) >= 11 is 0. The average Bonchev–Trinajstić information content (AvgIpc) is 3.04. The van der Waals surface area contributed by atoms with E-state index in [-0.39, 0.29) is 28.1 Å². The predicted molar refractivity (Wildman–Crippen MR) is 102 cm³/mol. The highest BCUT2D eigenvalue weighted by Gasteiger charge is 2.25. The second-order valence-electron chi connectivity index (χ2n) is 6.22. The van der Waals surface area contributed by atoms with Crippen LogP contribution in [0.5, 0.6) is 0 Å². The lowest BCUT2D eigenvalue weighted by atomic mass is 10.1. The maximum Gasteiger partial charge on any atom is 0.341 e. The van der Waals surface area contributed by atoms with Gasteiger partial charge in [0.25, 0.3) is 11.1 Å². The van der Waals surface area contributed by atoms with Gasteiger partial charge in [0.15, 0.2) is 0 Å². The number of fused-ring (bicyclic) bond motifs is 1. The van der Waals surface area contributed by atoms with Crippen LogP contribution in [0.15, 0.2) is 64.6 Å². The largest absolute Gasteiger partial charge is 0.465 e. The zero-order chi connectivity index (χ0) is 19.8. The van der Waals surface area contributed by atoms with Crippen molar-refractivity contribution in [2.75, 3.05) is 7.11 Å². The van der Waals surface area contributed by atoms with Gasteiger partial charge in [-0.05, 0) is 30.7 Å². The first-order valence-electron chi connectivity index (χ1n) is 8.48. The molecule has 0 fully saturated rings. The number of hydrogen-bond acceptors (Lipinski definition) is 5. The van der Waals surface area contributed by atoms with Crippen LogP contribution >= 0.6 is 0 Å². The molecule has 0 aliphatic carbocycles. The van der Waals surface area contributed by atoms with Crippen LogP contribution in [0.1, 0.15) is 15.9 Å². The van der Waals surface area contributed by atoms with Crippen molar-refractivity contribution < 1.29 is 9.53 Å². The number of methoxy groups -OCH3 is 1. The number of aromatic nitrogens is 4. The molecule has 3 heterocycles. The second kappa shape index (κ2) is 6.66. The van der Waals surface area contributed by atoms with Gasteiger partial charge in [0.2, 0.25) is 0 Å². The highest BCUT2D eigenvalue weighted by Crippen LogP contribution is 2.24. The molecule has 0 unspecified atom stereocenters. The molecular formula is C20H16N4O4. The Kier molecular flexibility index (Phi) is 4.15. The first-order valence-corrected chi connectivity index (χ1v) is 8.48. The standard InChI is InChI=1S/C20H16N4O4/c1-12-6-3-4-7-15(12)24-19(26)13-10-23(16-8-5-9-21-18(16)25)11-14(17(13)22-24)20(27)28-2/h3-11H,1-2H3,(H,21,25). The number of ether oxygens (including phenoxy) is 1. The van der Waals surface area contributed by atoms with Crippen LogP contribution in [0.25, 0.3) is 22.6 Å². The van der Waals surface area contributed by atoms with E-state index in [9.17, 15) is 14.4 Å². The zero-order valence-electron chi connectivity index (χ0n) is 15.2. The Morgan fingerprint density at radius 1 is 1.07 bits per heavy atom. The first kappa shape index (κ1) is 17.5. The molecule has 2 aliphatic heterocycles. The molecule has 28 heavy (non-hydrogen) atoms. The predicted octanol–water partition coefficient (Wildman–Crippen LogP) is 1.91. The van der Waals surface area contributed by atoms with E-state index < -0.39 is 11.5 Å². The number of hydrogen-bond donors (Lipinski definition) is 1. The highest BCUT2D eigenvalue weighted by atomic mass is 16.5. The van der Waals surface area contributed by atoms with Crippen LogP contribution in [0, 0.1) is 6.92 Å². The van der Waals surface area contributed by atoms with Gasteiger partial charge in [-0.25, -0.2) is 4.79 Å². The van der Waals surface area contributed by atoms with Crippen molar-refractivity contribution in [1.29, 1.82) is 0 Å². The lowest BCUT2D eigenvalue weighted by Crippen LogP contribution is -2.18. The summed E-state index contributed by atoms with van der Waals surface area (Å²) in [5, 5.41) is 4.37. The molecule has 140 valence electrons. The fourth-order valence-corrected chi connectivity index (χ4v) is 3.09. The molecule has 1 aromatic heterocycles. The van der Waals surface area contributed by atoms with Gasteiger partial charge in [-0.2, -0.15) is 9.78 Å². The molecule has 8 nitrogen and oxygen atoms in total. The summed E-state index contributed by atoms with van der Waals surface area (Å²) in [6.45, 7) is 1.87. The molecule has 0 spiro atoms. The normalized spacial score (nSPS) is 10.9. The number of H-pyrrole nitrogens is 1. The molecule has 4 rings (SSSR count). The van der Waals surface area contributed by atoms with Gasteiger partial charge in [0.05, 0.1) is 18.4 Å². The summed E-state index contributed by atoms with van der Waals surface area (Å²) in [6.07, 6.45) is 4.44. The Labute approximate surface area is 159 Å². The highest BCUT2D eigenvalue weighted by molar-refractivity contribution is 5.96. The van der Waals surface area contributed by atoms with Crippen LogP contribution < -0.4 is 11.1 Å². The van der Waals surface area contributed by atoms with Crippen LogP contribution in [0.2, 0.25) is 0 Å². The molecule has 2 aliphatic rings. The topological polar surface area (TPSA) is 99.0 Å². The number of carbonyl (C=O) groups excluding carboxylic acids is 1. The Bertz CT molecular complexity index is 1280. The third-order valence-electron chi connectivity index (χ3n) is 4.49. The maximum absolute atomic E-state index is 13.1. The molecule has 0 saturated heterocycles. The summed E-state index contributed by atoms with van der Waals surface area (Å²) in [6, 6.07) is 10.5. The lowest BCUT2D eigenvalue weighted by Gasteiger charge is -2.10. The van der Waals surface area contributed by atoms with E-state index in [1.165, 1.54) is 34.9 Å². The van der Waals surface area contributed by atoms with Crippen LogP contribution in [0.4, 0.5) is 0 Å². The van der Waals surface area contributed by atoms with Gasteiger partial charge in [0, 0.05) is 18.6 Å². The van der Waals surface area contributed by atoms with Gasteiger partial charge < -0.3 is 14.3 Å². The van der Waals surface area contributed by atoms with Crippen molar-refractivity contribution in [3.05, 3.63) is 86.8 Å². The molecule has 0 amide bonds. The maximum atomic E-state index is 13.1. The second-order valence-corrected chi connectivity index (χ2v) is 6.22. The Hall–Kier alpha value is -3.94. The third kappa shape index (κ3) is 2.71. The van der Waals surface area contributed by atoms with Gasteiger partial charge in [-0.3, -0.25) is 9.59 Å². The van der Waals surface area contributed by atoms with E-state index >= 15 is 0 Å². The Balaban J connectivity index is 2.06. The first-order chi connectivity index (χ1) is 13.5. The van der Waals surface area contributed by atoms with E-state index in [2.05, 4.69) is 10.1 Å². The molecule has 0 radical (unpaired) electrons. The SMILES string of the molecule is COC(=O)c1cn(-c2ccc[nH]c2=O)cc2c(=O)n(-c3ccccc3C)nc1-2. The van der Waals surface area contributed by atoms with Crippen molar-refractivity contribution in [3.8, 4) is 22.6 Å². The third-order valence-corrected chi connectivity index (χ3v) is 4.49. The fourth-order valence-electron chi connectivity index (χ4n) is 3.09. The molecule has 0 bridgehead atoms. The number of nitrogens with zero attached hydrogens (tertiary/aromatic N) is 3. The quantitative estimate of drug-likeness (QED) is 0.551. The van der Waals surface area contributed by atoms with Crippen molar-refractivity contribution >= 4 is 5.97 Å². The van der Waals surface area contributed by atoms with Crippen molar-refractivity contribution in [2.45, 2.75) is 6.92 Å². The zero-order valence-corrected chi connectivity index (χ0v) is 15.2. The number of aromatic amines is 1. The number of benzene rings is 1. The average molecular weight is 376 g/mol. The summed E-state index contributed by atoms with van der Waals surface area (Å²) in [5.74, 6) is -0.652. The Morgan fingerprint density at radius 3 is 2.54 bits per heavy atom. The number of pyridine rings is 2. The summed E-state index contributed by atoms with van der Waals surface area (Å²) in [5.41, 5.74) is 1.49. The van der Waals surface area contributed by atoms with Crippen molar-refractivity contribution in [2.24, 2.45) is 0 Å². The van der Waals surface area contributed by atoms with Gasteiger partial charge >= 0.3 is 5.97 Å². The molecule has 8 heteroatoms. The van der Waals surface area contributed by atoms with E-state index in [4.69, 9.17) is 4.74 Å². The van der Waals surface area contributed by atoms with Crippen LogP contribution in [-0.4, -0.2) is 32.4 Å². The molecule has 0 atom stereocenters. The van der Waals surface area contributed by atoms with Crippen LogP contribution in [-0.2, 0) is 4.74 Å². The molecule has 1 N–H and O–H groups in total. The number of carbonyl (C=O) groups is 1. The van der Waals surface area contributed by atoms with Crippen LogP contribution in [0.3, 0.4) is 0 Å². The van der Waals surface area contributed by atoms with Crippen molar-refractivity contribution in [3.63, 3.8) is 0 Å². The molecule has 2 aromatic rings. The number of rotatable bonds is 3. The smallest absolute Gasteiger partial charge is 0.341 e. The molecule has 0 saturated carbocycles. The monoisotopic (exact) mass is 376 g/mol.